The van der Waals surface area contributed by atoms with Gasteiger partial charge in [0.1, 0.15) is 5.00 Å². The molecule has 9 heteroatoms. The number of hydrogen-bond acceptors (Lipinski definition) is 6. The van der Waals surface area contributed by atoms with Gasteiger partial charge < -0.3 is 10.1 Å². The SMILES string of the molecule is CCC1CCCCN1S(=O)(=O)c1ccc(C(=O)Nc2sc(C)c(C)c2C(=O)OC)cc1. The standard InChI is InChI=1S/C22H28N2O5S2/c1-5-17-8-6-7-13-24(17)31(27,28)18-11-9-16(10-12-18)20(25)23-21-19(22(26)29-4)14(2)15(3)30-21/h9-12,17H,5-8,13H2,1-4H3,(H,23,25). The zero-order valence-electron chi connectivity index (χ0n) is 18.2. The molecule has 0 aliphatic carbocycles. The van der Waals surface area contributed by atoms with Gasteiger partial charge in [-0.05, 0) is 62.9 Å². The van der Waals surface area contributed by atoms with Gasteiger partial charge in [0.25, 0.3) is 5.91 Å². The number of nitrogens with one attached hydrogen (secondary N) is 1. The molecule has 3 rings (SSSR count). The van der Waals surface area contributed by atoms with E-state index in [9.17, 15) is 18.0 Å². The summed E-state index contributed by atoms with van der Waals surface area (Å²) in [6.07, 6.45) is 3.55. The van der Waals surface area contributed by atoms with E-state index in [1.807, 2.05) is 13.8 Å². The first kappa shape index (κ1) is 23.4. The number of amides is 1. The molecule has 0 bridgehead atoms. The number of methoxy groups -OCH3 is 1. The maximum absolute atomic E-state index is 13.1. The Morgan fingerprint density at radius 2 is 1.87 bits per heavy atom. The quantitative estimate of drug-likeness (QED) is 0.642. The number of nitrogens with zero attached hydrogens (tertiary/aromatic N) is 1. The van der Waals surface area contributed by atoms with E-state index in [-0.39, 0.29) is 10.9 Å². The Balaban J connectivity index is 1.81. The summed E-state index contributed by atoms with van der Waals surface area (Å²) in [6.45, 7) is 6.20. The highest BCUT2D eigenvalue weighted by atomic mass is 32.2. The maximum Gasteiger partial charge on any atom is 0.341 e. The van der Waals surface area contributed by atoms with Crippen molar-refractivity contribution in [3.05, 3.63) is 45.8 Å². The first-order valence-corrected chi connectivity index (χ1v) is 12.6. The molecule has 1 aliphatic heterocycles. The summed E-state index contributed by atoms with van der Waals surface area (Å²) in [5, 5.41) is 3.18. The maximum atomic E-state index is 13.1. The van der Waals surface area contributed by atoms with E-state index in [2.05, 4.69) is 5.32 Å². The monoisotopic (exact) mass is 464 g/mol. The number of esters is 1. The Bertz CT molecular complexity index is 1070. The minimum Gasteiger partial charge on any atom is -0.465 e. The highest BCUT2D eigenvalue weighted by Gasteiger charge is 2.32. The molecule has 7 nitrogen and oxygen atoms in total. The number of carbonyl (C=O) groups is 2. The Morgan fingerprint density at radius 1 is 1.19 bits per heavy atom. The zero-order valence-corrected chi connectivity index (χ0v) is 19.9. The molecule has 1 saturated heterocycles. The fourth-order valence-electron chi connectivity index (χ4n) is 3.85. The molecule has 1 atom stereocenters. The highest BCUT2D eigenvalue weighted by Crippen LogP contribution is 2.33. The Morgan fingerprint density at radius 3 is 2.48 bits per heavy atom. The summed E-state index contributed by atoms with van der Waals surface area (Å²) >= 11 is 1.30. The fourth-order valence-corrected chi connectivity index (χ4v) is 6.66. The van der Waals surface area contributed by atoms with Crippen LogP contribution in [-0.2, 0) is 14.8 Å². The van der Waals surface area contributed by atoms with Crippen LogP contribution in [-0.4, -0.2) is 44.3 Å². The van der Waals surface area contributed by atoms with Crippen molar-refractivity contribution in [2.75, 3.05) is 19.0 Å². The van der Waals surface area contributed by atoms with Gasteiger partial charge in [0, 0.05) is 23.0 Å². The minimum absolute atomic E-state index is 0.0174. The average Bonchev–Trinajstić information content (AvgIpc) is 3.06. The second-order valence-electron chi connectivity index (χ2n) is 7.63. The molecule has 1 unspecified atom stereocenters. The van der Waals surface area contributed by atoms with E-state index in [0.29, 0.717) is 22.7 Å². The molecule has 31 heavy (non-hydrogen) atoms. The number of ether oxygens (including phenoxy) is 1. The van der Waals surface area contributed by atoms with E-state index in [4.69, 9.17) is 4.74 Å². The molecule has 1 aliphatic rings. The number of carbonyl (C=O) groups excluding carboxylic acids is 2. The van der Waals surface area contributed by atoms with Crippen LogP contribution >= 0.6 is 11.3 Å². The van der Waals surface area contributed by atoms with Crippen LogP contribution in [0.2, 0.25) is 0 Å². The molecule has 0 spiro atoms. The van der Waals surface area contributed by atoms with Gasteiger partial charge in [-0.1, -0.05) is 13.3 Å². The molecule has 1 fully saturated rings. The summed E-state index contributed by atoms with van der Waals surface area (Å²) in [7, 11) is -2.31. The number of thiophene rings is 1. The van der Waals surface area contributed by atoms with Crippen LogP contribution < -0.4 is 5.32 Å². The van der Waals surface area contributed by atoms with Crippen molar-refractivity contribution in [2.45, 2.75) is 57.4 Å². The Labute approximate surface area is 187 Å². The molecule has 0 radical (unpaired) electrons. The second-order valence-corrected chi connectivity index (χ2v) is 10.7. The lowest BCUT2D eigenvalue weighted by molar-refractivity contribution is 0.0601. The van der Waals surface area contributed by atoms with Crippen molar-refractivity contribution in [1.82, 2.24) is 4.31 Å². The molecular weight excluding hydrogens is 436 g/mol. The number of anilines is 1. The smallest absolute Gasteiger partial charge is 0.341 e. The molecule has 0 saturated carbocycles. The normalized spacial score (nSPS) is 17.4. The topological polar surface area (TPSA) is 92.8 Å². The molecule has 2 aromatic rings. The van der Waals surface area contributed by atoms with Crippen molar-refractivity contribution in [3.8, 4) is 0 Å². The summed E-state index contributed by atoms with van der Waals surface area (Å²) < 4.78 is 32.6. The summed E-state index contributed by atoms with van der Waals surface area (Å²) in [5.41, 5.74) is 1.41. The van der Waals surface area contributed by atoms with Crippen LogP contribution in [0.4, 0.5) is 5.00 Å². The van der Waals surface area contributed by atoms with Gasteiger partial charge in [0.05, 0.1) is 17.6 Å². The highest BCUT2D eigenvalue weighted by molar-refractivity contribution is 7.89. The average molecular weight is 465 g/mol. The van der Waals surface area contributed by atoms with Crippen molar-refractivity contribution in [1.29, 1.82) is 0 Å². The van der Waals surface area contributed by atoms with Crippen LogP contribution in [0.15, 0.2) is 29.2 Å². The summed E-state index contributed by atoms with van der Waals surface area (Å²) in [4.78, 5) is 25.9. The van der Waals surface area contributed by atoms with Crippen molar-refractivity contribution < 1.29 is 22.7 Å². The van der Waals surface area contributed by atoms with Crippen LogP contribution in [0.5, 0.6) is 0 Å². The first-order valence-electron chi connectivity index (χ1n) is 10.3. The van der Waals surface area contributed by atoms with E-state index >= 15 is 0 Å². The van der Waals surface area contributed by atoms with Gasteiger partial charge in [-0.2, -0.15) is 4.31 Å². The lowest BCUT2D eigenvalue weighted by Gasteiger charge is -2.34. The second kappa shape index (κ2) is 9.50. The summed E-state index contributed by atoms with van der Waals surface area (Å²) in [5.74, 6) is -0.926. The molecule has 2 heterocycles. The molecule has 1 aromatic heterocycles. The predicted octanol–water partition coefficient (Wildman–Crippen LogP) is 4.36. The number of benzene rings is 1. The van der Waals surface area contributed by atoms with E-state index < -0.39 is 21.9 Å². The van der Waals surface area contributed by atoms with Crippen LogP contribution in [0.1, 0.15) is 63.8 Å². The van der Waals surface area contributed by atoms with Gasteiger partial charge >= 0.3 is 5.97 Å². The molecule has 1 N–H and O–H groups in total. The van der Waals surface area contributed by atoms with Gasteiger partial charge in [0.2, 0.25) is 10.0 Å². The third-order valence-corrected chi connectivity index (χ3v) is 8.86. The first-order chi connectivity index (χ1) is 14.7. The van der Waals surface area contributed by atoms with Crippen molar-refractivity contribution in [2.24, 2.45) is 0 Å². The minimum atomic E-state index is -3.61. The lowest BCUT2D eigenvalue weighted by Crippen LogP contribution is -2.43. The number of hydrogen-bond donors (Lipinski definition) is 1. The lowest BCUT2D eigenvalue weighted by atomic mass is 10.0. The third kappa shape index (κ3) is 4.68. The number of sulfonamides is 1. The predicted molar refractivity (Wildman–Crippen MR) is 121 cm³/mol. The van der Waals surface area contributed by atoms with Gasteiger partial charge in [-0.15, -0.1) is 11.3 Å². The zero-order chi connectivity index (χ0) is 22.8. The molecule has 168 valence electrons. The summed E-state index contributed by atoms with van der Waals surface area (Å²) in [6, 6.07) is 5.95. The largest absolute Gasteiger partial charge is 0.465 e. The van der Waals surface area contributed by atoms with Crippen molar-refractivity contribution >= 4 is 38.2 Å². The Kier molecular flexibility index (Phi) is 7.18. The van der Waals surface area contributed by atoms with Gasteiger partial charge in [-0.3, -0.25) is 4.79 Å². The number of aryl methyl sites for hydroxylation is 1. The fraction of sp³-hybridized carbons (Fsp3) is 0.455. The van der Waals surface area contributed by atoms with E-state index in [1.165, 1.54) is 42.7 Å². The van der Waals surface area contributed by atoms with Crippen molar-refractivity contribution in [3.63, 3.8) is 0 Å². The molecular formula is C22H28N2O5S2. The third-order valence-electron chi connectivity index (χ3n) is 5.77. The van der Waals surface area contributed by atoms with Gasteiger partial charge in [-0.25, -0.2) is 13.2 Å². The van der Waals surface area contributed by atoms with E-state index in [0.717, 1.165) is 36.1 Å². The van der Waals surface area contributed by atoms with Crippen LogP contribution in [0.25, 0.3) is 0 Å². The van der Waals surface area contributed by atoms with Gasteiger partial charge in [0.15, 0.2) is 0 Å². The molecule has 1 aromatic carbocycles. The molecule has 1 amide bonds. The number of piperidine rings is 1. The van der Waals surface area contributed by atoms with E-state index in [1.54, 1.807) is 11.2 Å². The Hall–Kier alpha value is -2.23. The van der Waals surface area contributed by atoms with Crippen LogP contribution in [0, 0.1) is 13.8 Å². The number of rotatable bonds is 6. The van der Waals surface area contributed by atoms with Crippen LogP contribution in [0.3, 0.4) is 0 Å².